The number of H-pyrrole nitrogens is 1. The summed E-state index contributed by atoms with van der Waals surface area (Å²) in [5, 5.41) is 0. The lowest BCUT2D eigenvalue weighted by Crippen LogP contribution is -2.28. The van der Waals surface area contributed by atoms with Crippen LogP contribution in [0.4, 0.5) is 5.82 Å². The number of rotatable bonds is 5. The van der Waals surface area contributed by atoms with Gasteiger partial charge in [0.15, 0.2) is 0 Å². The standard InChI is InChI=1S/C9H13ClIN3O/c1-2-14(5-3-4-10)8-7(11)9(15)13-6-12-8/h6H,2-5H2,1H3,(H,12,13,15). The summed E-state index contributed by atoms with van der Waals surface area (Å²) in [4.78, 5) is 20.2. The van der Waals surface area contributed by atoms with Gasteiger partial charge in [-0.15, -0.1) is 11.6 Å². The largest absolute Gasteiger partial charge is 0.356 e. The molecule has 0 bridgehead atoms. The van der Waals surface area contributed by atoms with Gasteiger partial charge in [0.2, 0.25) is 0 Å². The molecule has 0 aliphatic carbocycles. The van der Waals surface area contributed by atoms with Crippen molar-refractivity contribution in [3.8, 4) is 0 Å². The molecule has 0 amide bonds. The third kappa shape index (κ3) is 3.34. The number of aromatic nitrogens is 2. The van der Waals surface area contributed by atoms with Crippen LogP contribution in [0.5, 0.6) is 0 Å². The van der Waals surface area contributed by atoms with E-state index in [1.54, 1.807) is 0 Å². The van der Waals surface area contributed by atoms with Crippen molar-refractivity contribution in [2.45, 2.75) is 13.3 Å². The van der Waals surface area contributed by atoms with Gasteiger partial charge in [0.05, 0.1) is 6.33 Å². The number of halogens is 2. The maximum Gasteiger partial charge on any atom is 0.266 e. The number of aromatic amines is 1. The molecular weight excluding hydrogens is 328 g/mol. The van der Waals surface area contributed by atoms with Crippen LogP contribution in [0.2, 0.25) is 0 Å². The molecule has 15 heavy (non-hydrogen) atoms. The van der Waals surface area contributed by atoms with Gasteiger partial charge in [-0.05, 0) is 35.9 Å². The molecule has 0 fully saturated rings. The third-order valence-electron chi connectivity index (χ3n) is 2.02. The third-order valence-corrected chi connectivity index (χ3v) is 3.26. The first-order valence-electron chi connectivity index (χ1n) is 4.74. The van der Waals surface area contributed by atoms with Crippen LogP contribution < -0.4 is 10.5 Å². The Morgan fingerprint density at radius 1 is 1.67 bits per heavy atom. The van der Waals surface area contributed by atoms with Crippen LogP contribution in [0.25, 0.3) is 0 Å². The summed E-state index contributed by atoms with van der Waals surface area (Å²) in [5.41, 5.74) is -0.0927. The number of hydrogen-bond donors (Lipinski definition) is 1. The Morgan fingerprint density at radius 2 is 2.40 bits per heavy atom. The van der Waals surface area contributed by atoms with Gasteiger partial charge in [-0.25, -0.2) is 4.98 Å². The van der Waals surface area contributed by atoms with E-state index in [1.165, 1.54) is 6.33 Å². The molecule has 0 aromatic carbocycles. The lowest BCUT2D eigenvalue weighted by molar-refractivity contribution is 0.774. The second-order valence-electron chi connectivity index (χ2n) is 2.99. The molecule has 1 aromatic rings. The number of nitrogens with zero attached hydrogens (tertiary/aromatic N) is 2. The summed E-state index contributed by atoms with van der Waals surface area (Å²) < 4.78 is 0.631. The summed E-state index contributed by atoms with van der Waals surface area (Å²) >= 11 is 7.66. The number of hydrogen-bond acceptors (Lipinski definition) is 3. The first-order valence-corrected chi connectivity index (χ1v) is 6.36. The molecule has 0 aliphatic rings. The van der Waals surface area contributed by atoms with E-state index in [0.29, 0.717) is 9.45 Å². The summed E-state index contributed by atoms with van der Waals surface area (Å²) in [6, 6.07) is 0. The second-order valence-corrected chi connectivity index (χ2v) is 4.45. The number of nitrogens with one attached hydrogen (secondary N) is 1. The summed E-state index contributed by atoms with van der Waals surface area (Å²) in [5.74, 6) is 1.36. The smallest absolute Gasteiger partial charge is 0.266 e. The van der Waals surface area contributed by atoms with Crippen LogP contribution in [-0.4, -0.2) is 28.9 Å². The SMILES string of the molecule is CCN(CCCCl)c1nc[nH]c(=O)c1I. The van der Waals surface area contributed by atoms with Crippen molar-refractivity contribution in [1.82, 2.24) is 9.97 Å². The van der Waals surface area contributed by atoms with Crippen LogP contribution in [0.1, 0.15) is 13.3 Å². The lowest BCUT2D eigenvalue weighted by atomic mass is 10.4. The van der Waals surface area contributed by atoms with Crippen molar-refractivity contribution in [2.24, 2.45) is 0 Å². The van der Waals surface area contributed by atoms with Gasteiger partial charge in [0, 0.05) is 19.0 Å². The van der Waals surface area contributed by atoms with Gasteiger partial charge < -0.3 is 9.88 Å². The number of alkyl halides is 1. The fourth-order valence-electron chi connectivity index (χ4n) is 1.26. The Balaban J connectivity index is 2.91. The molecule has 0 saturated carbocycles. The maximum absolute atomic E-state index is 11.4. The van der Waals surface area contributed by atoms with E-state index in [-0.39, 0.29) is 5.56 Å². The second kappa shape index (κ2) is 6.32. The average molecular weight is 342 g/mol. The molecule has 4 nitrogen and oxygen atoms in total. The summed E-state index contributed by atoms with van der Waals surface area (Å²) in [7, 11) is 0. The van der Waals surface area contributed by atoms with E-state index in [0.717, 1.165) is 25.3 Å². The molecule has 0 unspecified atom stereocenters. The van der Waals surface area contributed by atoms with E-state index >= 15 is 0 Å². The first kappa shape index (κ1) is 12.8. The molecule has 1 N–H and O–H groups in total. The Bertz CT molecular complexity index is 369. The van der Waals surface area contributed by atoms with Crippen LogP contribution in [-0.2, 0) is 0 Å². The van der Waals surface area contributed by atoms with Gasteiger partial charge in [-0.1, -0.05) is 0 Å². The molecule has 0 spiro atoms. The molecule has 0 radical (unpaired) electrons. The molecule has 1 heterocycles. The van der Waals surface area contributed by atoms with Crippen LogP contribution in [0.15, 0.2) is 11.1 Å². The van der Waals surface area contributed by atoms with E-state index in [1.807, 2.05) is 29.5 Å². The molecule has 0 aliphatic heterocycles. The predicted molar refractivity (Wildman–Crippen MR) is 70.8 cm³/mol. The summed E-state index contributed by atoms with van der Waals surface area (Å²) in [6.45, 7) is 3.68. The fourth-order valence-corrected chi connectivity index (χ4v) is 2.01. The predicted octanol–water partition coefficient (Wildman–Crippen LogP) is 1.83. The normalized spacial score (nSPS) is 10.3. The Hall–Kier alpha value is -0.300. The molecular formula is C9H13ClIN3O. The van der Waals surface area contributed by atoms with Gasteiger partial charge >= 0.3 is 0 Å². The van der Waals surface area contributed by atoms with Crippen LogP contribution in [0.3, 0.4) is 0 Å². The van der Waals surface area contributed by atoms with Crippen molar-refractivity contribution >= 4 is 40.0 Å². The zero-order chi connectivity index (χ0) is 11.3. The van der Waals surface area contributed by atoms with Gasteiger partial charge in [-0.3, -0.25) is 4.79 Å². The van der Waals surface area contributed by atoms with Gasteiger partial charge in [0.1, 0.15) is 9.39 Å². The quantitative estimate of drug-likeness (QED) is 0.657. The molecule has 84 valence electrons. The highest BCUT2D eigenvalue weighted by atomic mass is 127. The molecule has 0 atom stereocenters. The minimum atomic E-state index is -0.0927. The zero-order valence-electron chi connectivity index (χ0n) is 8.46. The Labute approximate surface area is 107 Å². The van der Waals surface area contributed by atoms with E-state index in [2.05, 4.69) is 14.9 Å². The van der Waals surface area contributed by atoms with Crippen molar-refractivity contribution in [3.63, 3.8) is 0 Å². The van der Waals surface area contributed by atoms with Crippen molar-refractivity contribution in [2.75, 3.05) is 23.9 Å². The van der Waals surface area contributed by atoms with E-state index < -0.39 is 0 Å². The molecule has 1 aromatic heterocycles. The minimum absolute atomic E-state index is 0.0927. The average Bonchev–Trinajstić information content (AvgIpc) is 2.25. The topological polar surface area (TPSA) is 49.0 Å². The van der Waals surface area contributed by atoms with Crippen molar-refractivity contribution < 1.29 is 0 Å². The van der Waals surface area contributed by atoms with E-state index in [4.69, 9.17) is 11.6 Å². The fraction of sp³-hybridized carbons (Fsp3) is 0.556. The maximum atomic E-state index is 11.4. The van der Waals surface area contributed by atoms with Gasteiger partial charge in [-0.2, -0.15) is 0 Å². The van der Waals surface area contributed by atoms with Gasteiger partial charge in [0.25, 0.3) is 5.56 Å². The monoisotopic (exact) mass is 341 g/mol. The van der Waals surface area contributed by atoms with E-state index in [9.17, 15) is 4.79 Å². The van der Waals surface area contributed by atoms with Crippen molar-refractivity contribution in [3.05, 3.63) is 20.3 Å². The zero-order valence-corrected chi connectivity index (χ0v) is 11.4. The van der Waals surface area contributed by atoms with Crippen LogP contribution in [0, 0.1) is 3.57 Å². The first-order chi connectivity index (χ1) is 7.20. The number of anilines is 1. The van der Waals surface area contributed by atoms with Crippen molar-refractivity contribution in [1.29, 1.82) is 0 Å². The highest BCUT2D eigenvalue weighted by molar-refractivity contribution is 14.1. The Kier molecular flexibility index (Phi) is 5.38. The van der Waals surface area contributed by atoms with Crippen LogP contribution >= 0.6 is 34.2 Å². The minimum Gasteiger partial charge on any atom is -0.356 e. The molecule has 0 saturated heterocycles. The molecule has 1 rings (SSSR count). The Morgan fingerprint density at radius 3 is 3.00 bits per heavy atom. The highest BCUT2D eigenvalue weighted by Crippen LogP contribution is 2.15. The molecule has 6 heteroatoms. The summed E-state index contributed by atoms with van der Waals surface area (Å²) in [6.07, 6.45) is 2.32. The lowest BCUT2D eigenvalue weighted by Gasteiger charge is -2.21. The highest BCUT2D eigenvalue weighted by Gasteiger charge is 2.11.